The zero-order valence-electron chi connectivity index (χ0n) is 15.0. The van der Waals surface area contributed by atoms with Gasteiger partial charge < -0.3 is 5.32 Å². The van der Waals surface area contributed by atoms with Gasteiger partial charge in [0.15, 0.2) is 23.3 Å². The monoisotopic (exact) mass is 383 g/mol. The molecule has 1 N–H and O–H groups in total. The summed E-state index contributed by atoms with van der Waals surface area (Å²) in [6.45, 7) is 5.66. The second kappa shape index (κ2) is 8.33. The van der Waals surface area contributed by atoms with E-state index in [1.165, 1.54) is 0 Å². The molecular formula is C20H18F5NO. The van der Waals surface area contributed by atoms with Crippen molar-refractivity contribution in [3.63, 3.8) is 0 Å². The van der Waals surface area contributed by atoms with Gasteiger partial charge in [-0.05, 0) is 24.0 Å². The van der Waals surface area contributed by atoms with E-state index in [9.17, 15) is 26.7 Å². The molecule has 0 atom stereocenters. The molecule has 0 aliphatic rings. The average molecular weight is 383 g/mol. The van der Waals surface area contributed by atoms with Crippen LogP contribution in [0.4, 0.5) is 27.6 Å². The van der Waals surface area contributed by atoms with Gasteiger partial charge in [0.25, 0.3) is 0 Å². The lowest BCUT2D eigenvalue weighted by Crippen LogP contribution is -2.16. The Kier molecular flexibility index (Phi) is 6.36. The normalized spacial score (nSPS) is 11.8. The quantitative estimate of drug-likeness (QED) is 0.387. The van der Waals surface area contributed by atoms with Crippen molar-refractivity contribution in [3.05, 3.63) is 70.1 Å². The molecule has 0 heterocycles. The van der Waals surface area contributed by atoms with Crippen LogP contribution in [0.15, 0.2) is 29.8 Å². The molecule has 2 nitrogen and oxygen atoms in total. The molecule has 0 saturated heterocycles. The van der Waals surface area contributed by atoms with Crippen LogP contribution >= 0.6 is 0 Å². The number of benzene rings is 2. The number of anilines is 1. The van der Waals surface area contributed by atoms with Crippen molar-refractivity contribution in [1.29, 1.82) is 0 Å². The van der Waals surface area contributed by atoms with E-state index in [-0.39, 0.29) is 12.3 Å². The first-order chi connectivity index (χ1) is 12.6. The molecule has 0 saturated carbocycles. The Morgan fingerprint density at radius 1 is 0.963 bits per heavy atom. The Morgan fingerprint density at radius 2 is 1.48 bits per heavy atom. The van der Waals surface area contributed by atoms with E-state index in [1.54, 1.807) is 18.3 Å². The van der Waals surface area contributed by atoms with E-state index in [1.807, 2.05) is 38.1 Å². The van der Waals surface area contributed by atoms with E-state index >= 15 is 0 Å². The number of rotatable bonds is 5. The third-order valence-electron chi connectivity index (χ3n) is 3.93. The fraction of sp³-hybridized carbons (Fsp3) is 0.250. The molecule has 2 rings (SSSR count). The third-order valence-corrected chi connectivity index (χ3v) is 3.93. The molecule has 0 spiro atoms. The summed E-state index contributed by atoms with van der Waals surface area (Å²) in [5.74, 6) is -11.3. The molecule has 0 aromatic heterocycles. The lowest BCUT2D eigenvalue weighted by Gasteiger charge is -2.12. The van der Waals surface area contributed by atoms with Crippen LogP contribution < -0.4 is 5.32 Å². The van der Waals surface area contributed by atoms with Gasteiger partial charge in [0.05, 0.1) is 0 Å². The fourth-order valence-electron chi connectivity index (χ4n) is 2.64. The van der Waals surface area contributed by atoms with E-state index in [4.69, 9.17) is 0 Å². The molecule has 144 valence electrons. The summed E-state index contributed by atoms with van der Waals surface area (Å²) >= 11 is 0. The zero-order chi connectivity index (χ0) is 20.3. The molecule has 0 bridgehead atoms. The molecule has 0 aliphatic heterocycles. The van der Waals surface area contributed by atoms with Gasteiger partial charge in [0, 0.05) is 6.42 Å². The first kappa shape index (κ1) is 20.6. The average Bonchev–Trinajstić information content (AvgIpc) is 2.62. The van der Waals surface area contributed by atoms with Crippen LogP contribution in [-0.2, 0) is 4.79 Å². The number of carbonyl (C=O) groups is 1. The molecular weight excluding hydrogens is 365 g/mol. The maximum atomic E-state index is 13.6. The standard InChI is InChI=1S/C20H18F5NO/c1-10(2)13-7-5-4-6-12(13)8-11(3)9-14(27)26-20-18(24)16(22)15(21)17(23)19(20)25/h4-8,10H,9H2,1-3H3,(H,26,27)/b11-8+. The highest BCUT2D eigenvalue weighted by Gasteiger charge is 2.26. The minimum Gasteiger partial charge on any atom is -0.321 e. The van der Waals surface area contributed by atoms with E-state index in [0.717, 1.165) is 11.1 Å². The Morgan fingerprint density at radius 3 is 2.04 bits per heavy atom. The van der Waals surface area contributed by atoms with Gasteiger partial charge in [0.2, 0.25) is 11.7 Å². The van der Waals surface area contributed by atoms with Crippen molar-refractivity contribution in [2.24, 2.45) is 0 Å². The van der Waals surface area contributed by atoms with Crippen LogP contribution in [0.1, 0.15) is 44.2 Å². The second-order valence-corrected chi connectivity index (χ2v) is 6.44. The van der Waals surface area contributed by atoms with Crippen molar-refractivity contribution in [1.82, 2.24) is 0 Å². The van der Waals surface area contributed by atoms with Crippen LogP contribution in [0.3, 0.4) is 0 Å². The molecule has 27 heavy (non-hydrogen) atoms. The second-order valence-electron chi connectivity index (χ2n) is 6.44. The van der Waals surface area contributed by atoms with Crippen molar-refractivity contribution in [2.75, 3.05) is 5.32 Å². The number of hydrogen-bond donors (Lipinski definition) is 1. The Balaban J connectivity index is 2.22. The van der Waals surface area contributed by atoms with E-state index in [2.05, 4.69) is 0 Å². The first-order valence-corrected chi connectivity index (χ1v) is 8.20. The molecule has 0 aliphatic carbocycles. The number of amides is 1. The Labute approximate surface area is 153 Å². The van der Waals surface area contributed by atoms with Crippen LogP contribution in [0.5, 0.6) is 0 Å². The van der Waals surface area contributed by atoms with Crippen LogP contribution in [0.25, 0.3) is 6.08 Å². The topological polar surface area (TPSA) is 29.1 Å². The van der Waals surface area contributed by atoms with Gasteiger partial charge in [-0.1, -0.05) is 49.8 Å². The Hall–Kier alpha value is -2.70. The molecule has 2 aromatic rings. The number of nitrogens with one attached hydrogen (secondary N) is 1. The summed E-state index contributed by atoms with van der Waals surface area (Å²) in [6.07, 6.45) is 1.47. The van der Waals surface area contributed by atoms with Crippen molar-refractivity contribution < 1.29 is 26.7 Å². The summed E-state index contributed by atoms with van der Waals surface area (Å²) < 4.78 is 66.7. The van der Waals surface area contributed by atoms with Gasteiger partial charge in [0.1, 0.15) is 5.69 Å². The van der Waals surface area contributed by atoms with E-state index in [0.29, 0.717) is 5.57 Å². The largest absolute Gasteiger partial charge is 0.321 e. The molecule has 0 unspecified atom stereocenters. The molecule has 1 amide bonds. The minimum absolute atomic E-state index is 0.243. The minimum atomic E-state index is -2.27. The van der Waals surface area contributed by atoms with Crippen LogP contribution in [-0.4, -0.2) is 5.91 Å². The number of carbonyl (C=O) groups excluding carboxylic acids is 1. The molecule has 2 aromatic carbocycles. The Bertz CT molecular complexity index is 876. The van der Waals surface area contributed by atoms with Crippen molar-refractivity contribution >= 4 is 17.7 Å². The van der Waals surface area contributed by atoms with Crippen molar-refractivity contribution in [3.8, 4) is 0 Å². The maximum absolute atomic E-state index is 13.6. The number of hydrogen-bond acceptors (Lipinski definition) is 1. The predicted octanol–water partition coefficient (Wildman–Crippen LogP) is 5.94. The van der Waals surface area contributed by atoms with Gasteiger partial charge in [-0.3, -0.25) is 4.79 Å². The summed E-state index contributed by atoms with van der Waals surface area (Å²) in [5, 5.41) is 1.77. The van der Waals surface area contributed by atoms with Crippen LogP contribution in [0, 0.1) is 29.1 Å². The summed E-state index contributed by atoms with van der Waals surface area (Å²) in [6, 6.07) is 7.53. The third kappa shape index (κ3) is 4.53. The van der Waals surface area contributed by atoms with Gasteiger partial charge in [-0.25, -0.2) is 22.0 Å². The summed E-state index contributed by atoms with van der Waals surface area (Å²) in [7, 11) is 0. The predicted molar refractivity (Wildman–Crippen MR) is 93.7 cm³/mol. The molecule has 7 heteroatoms. The highest BCUT2D eigenvalue weighted by molar-refractivity contribution is 5.93. The molecule has 0 fully saturated rings. The summed E-state index contributed by atoms with van der Waals surface area (Å²) in [4.78, 5) is 12.0. The number of halogens is 5. The fourth-order valence-corrected chi connectivity index (χ4v) is 2.64. The van der Waals surface area contributed by atoms with Gasteiger partial charge in [-0.15, -0.1) is 0 Å². The first-order valence-electron chi connectivity index (χ1n) is 8.20. The van der Waals surface area contributed by atoms with Crippen LogP contribution in [0.2, 0.25) is 0 Å². The van der Waals surface area contributed by atoms with Gasteiger partial charge >= 0.3 is 0 Å². The highest BCUT2D eigenvalue weighted by Crippen LogP contribution is 2.28. The maximum Gasteiger partial charge on any atom is 0.228 e. The molecule has 0 radical (unpaired) electrons. The van der Waals surface area contributed by atoms with Crippen molar-refractivity contribution in [2.45, 2.75) is 33.1 Å². The summed E-state index contributed by atoms with van der Waals surface area (Å²) in [5.41, 5.74) is 1.14. The zero-order valence-corrected chi connectivity index (χ0v) is 15.0. The SMILES string of the molecule is C/C(=C\c1ccccc1C(C)C)CC(=O)Nc1c(F)c(F)c(F)c(F)c1F. The lowest BCUT2D eigenvalue weighted by molar-refractivity contribution is -0.115. The lowest BCUT2D eigenvalue weighted by atomic mass is 9.95. The van der Waals surface area contributed by atoms with E-state index < -0.39 is 40.7 Å². The smallest absolute Gasteiger partial charge is 0.228 e. The highest BCUT2D eigenvalue weighted by atomic mass is 19.2. The van der Waals surface area contributed by atoms with Gasteiger partial charge in [-0.2, -0.15) is 0 Å².